The van der Waals surface area contributed by atoms with E-state index < -0.39 is 46.3 Å². The van der Waals surface area contributed by atoms with E-state index >= 15 is 0 Å². The molecule has 0 radical (unpaired) electrons. The predicted octanol–water partition coefficient (Wildman–Crippen LogP) is 7.16. The number of aryl methyl sites for hydroxylation is 1. The second kappa shape index (κ2) is 10.6. The molecule has 0 amide bonds. The smallest absolute Gasteiger partial charge is 0.346 e. The molecule has 0 aliphatic rings. The van der Waals surface area contributed by atoms with Crippen molar-refractivity contribution in [2.45, 2.75) is 19.8 Å². The van der Waals surface area contributed by atoms with E-state index in [2.05, 4.69) is 6.58 Å². The lowest BCUT2D eigenvalue weighted by molar-refractivity contribution is 0.0720. The quantitative estimate of drug-likeness (QED) is 0.119. The van der Waals surface area contributed by atoms with Gasteiger partial charge in [0.15, 0.2) is 23.1 Å². The Labute approximate surface area is 188 Å². The number of hydrogen-bond acceptors (Lipinski definition) is 3. The molecule has 0 heterocycles. The van der Waals surface area contributed by atoms with E-state index in [0.29, 0.717) is 5.56 Å². The molecule has 3 aromatic carbocycles. The maximum Gasteiger partial charge on any atom is 0.346 e. The molecule has 0 unspecified atom stereocenters. The summed E-state index contributed by atoms with van der Waals surface area (Å²) in [6.07, 6.45) is 5.94. The first kappa shape index (κ1) is 23.8. The van der Waals surface area contributed by atoms with E-state index in [-0.39, 0.29) is 5.56 Å². The highest BCUT2D eigenvalue weighted by atomic mass is 19.2. The minimum atomic E-state index is -1.50. The van der Waals surface area contributed by atoms with Gasteiger partial charge in [0, 0.05) is 5.56 Å². The summed E-state index contributed by atoms with van der Waals surface area (Å²) in [7, 11) is 0. The summed E-state index contributed by atoms with van der Waals surface area (Å²) in [4.78, 5) is 12.3. The fourth-order valence-electron chi connectivity index (χ4n) is 3.03. The van der Waals surface area contributed by atoms with Crippen molar-refractivity contribution in [1.29, 1.82) is 0 Å². The van der Waals surface area contributed by atoms with Gasteiger partial charge in [0.1, 0.15) is 0 Å². The minimum absolute atomic E-state index is 0.0537. The van der Waals surface area contributed by atoms with Crippen molar-refractivity contribution in [2.75, 3.05) is 0 Å². The zero-order valence-electron chi connectivity index (χ0n) is 17.7. The number of carbonyl (C=O) groups is 1. The zero-order chi connectivity index (χ0) is 24.0. The molecule has 170 valence electrons. The average Bonchev–Trinajstić information content (AvgIpc) is 2.82. The van der Waals surface area contributed by atoms with Gasteiger partial charge < -0.3 is 9.47 Å². The summed E-state index contributed by atoms with van der Waals surface area (Å²) in [5.74, 6) is -8.20. The van der Waals surface area contributed by atoms with Crippen molar-refractivity contribution in [1.82, 2.24) is 0 Å². The average molecular weight is 456 g/mol. The summed E-state index contributed by atoms with van der Waals surface area (Å²) in [6, 6.07) is 11.1. The van der Waals surface area contributed by atoms with Crippen LogP contribution in [0, 0.1) is 23.3 Å². The molecule has 0 spiro atoms. The summed E-state index contributed by atoms with van der Waals surface area (Å²) < 4.78 is 67.3. The normalized spacial score (nSPS) is 10.9. The molecule has 33 heavy (non-hydrogen) atoms. The predicted molar refractivity (Wildman–Crippen MR) is 117 cm³/mol. The highest BCUT2D eigenvalue weighted by Gasteiger charge is 2.23. The Morgan fingerprint density at radius 3 is 2.21 bits per heavy atom. The van der Waals surface area contributed by atoms with E-state index in [0.717, 1.165) is 42.9 Å². The van der Waals surface area contributed by atoms with Crippen LogP contribution in [0.3, 0.4) is 0 Å². The zero-order valence-corrected chi connectivity index (χ0v) is 17.7. The third kappa shape index (κ3) is 5.31. The lowest BCUT2D eigenvalue weighted by atomic mass is 10.00. The highest BCUT2D eigenvalue weighted by Crippen LogP contribution is 2.30. The highest BCUT2D eigenvalue weighted by molar-refractivity contribution is 5.92. The van der Waals surface area contributed by atoms with Gasteiger partial charge in [0.2, 0.25) is 11.6 Å². The number of allylic oxidation sites excluding steroid dienone is 2. The van der Waals surface area contributed by atoms with Crippen molar-refractivity contribution in [3.05, 3.63) is 108 Å². The number of ether oxygens (including phenoxy) is 2. The monoisotopic (exact) mass is 456 g/mol. The molecule has 0 N–H and O–H groups in total. The van der Waals surface area contributed by atoms with Crippen molar-refractivity contribution < 1.29 is 31.8 Å². The van der Waals surface area contributed by atoms with Crippen molar-refractivity contribution in [2.24, 2.45) is 0 Å². The molecule has 3 aromatic rings. The van der Waals surface area contributed by atoms with E-state index in [9.17, 15) is 22.4 Å². The molecule has 0 atom stereocenters. The summed E-state index contributed by atoms with van der Waals surface area (Å²) in [5, 5.41) is 0. The first-order valence-electron chi connectivity index (χ1n) is 10.0. The molecule has 3 nitrogen and oxygen atoms in total. The third-order valence-corrected chi connectivity index (χ3v) is 4.75. The number of rotatable bonds is 8. The fraction of sp³-hybridized carbons (Fsp3) is 0.115. The molecule has 0 aliphatic heterocycles. The second-order valence-corrected chi connectivity index (χ2v) is 6.98. The maximum absolute atomic E-state index is 14.7. The summed E-state index contributed by atoms with van der Waals surface area (Å²) in [5.41, 5.74) is 0.615. The van der Waals surface area contributed by atoms with Crippen LogP contribution in [-0.4, -0.2) is 5.97 Å². The Morgan fingerprint density at radius 2 is 1.55 bits per heavy atom. The fourth-order valence-corrected chi connectivity index (χ4v) is 3.03. The molecule has 0 saturated heterocycles. The van der Waals surface area contributed by atoms with E-state index in [1.54, 1.807) is 37.3 Å². The first-order chi connectivity index (χ1) is 15.9. The molecule has 0 aromatic heterocycles. The molecule has 0 fully saturated rings. The number of carbonyl (C=O) groups excluding carboxylic acids is 1. The van der Waals surface area contributed by atoms with Gasteiger partial charge >= 0.3 is 5.97 Å². The van der Waals surface area contributed by atoms with Gasteiger partial charge in [-0.15, -0.1) is 6.58 Å². The van der Waals surface area contributed by atoms with Gasteiger partial charge in [-0.25, -0.2) is 13.6 Å². The SMILES string of the molecule is C=CCCc1ccc(-c2ccc(C(=O)Oc3ccc(OC=CC)c(F)c3F)c(F)c2F)cc1. The Balaban J connectivity index is 1.83. The number of halogens is 4. The Kier molecular flexibility index (Phi) is 7.66. The molecule has 0 saturated carbocycles. The van der Waals surface area contributed by atoms with Crippen LogP contribution in [0.2, 0.25) is 0 Å². The number of esters is 1. The van der Waals surface area contributed by atoms with Crippen molar-refractivity contribution in [3.8, 4) is 22.6 Å². The van der Waals surface area contributed by atoms with Crippen LogP contribution in [0.1, 0.15) is 29.3 Å². The largest absolute Gasteiger partial charge is 0.462 e. The Hall–Kier alpha value is -3.87. The van der Waals surface area contributed by atoms with Crippen molar-refractivity contribution in [3.63, 3.8) is 0 Å². The van der Waals surface area contributed by atoms with Crippen LogP contribution in [0.25, 0.3) is 11.1 Å². The van der Waals surface area contributed by atoms with E-state index in [1.807, 2.05) is 0 Å². The third-order valence-electron chi connectivity index (χ3n) is 4.75. The molecule has 7 heteroatoms. The molecule has 0 bridgehead atoms. The second-order valence-electron chi connectivity index (χ2n) is 6.98. The van der Waals surface area contributed by atoms with Gasteiger partial charge in [0.05, 0.1) is 11.8 Å². The first-order valence-corrected chi connectivity index (χ1v) is 10.0. The van der Waals surface area contributed by atoms with E-state index in [4.69, 9.17) is 9.47 Å². The van der Waals surface area contributed by atoms with Crippen LogP contribution < -0.4 is 9.47 Å². The summed E-state index contributed by atoms with van der Waals surface area (Å²) >= 11 is 0. The molecule has 0 aliphatic carbocycles. The Morgan fingerprint density at radius 1 is 0.879 bits per heavy atom. The molecular formula is C26H20F4O3. The van der Waals surface area contributed by atoms with Crippen LogP contribution >= 0.6 is 0 Å². The number of hydrogen-bond donors (Lipinski definition) is 0. The van der Waals surface area contributed by atoms with E-state index in [1.165, 1.54) is 12.1 Å². The van der Waals surface area contributed by atoms with Gasteiger partial charge in [0.25, 0.3) is 0 Å². The van der Waals surface area contributed by atoms with Crippen molar-refractivity contribution >= 4 is 5.97 Å². The van der Waals surface area contributed by atoms with Gasteiger partial charge in [-0.1, -0.05) is 42.5 Å². The topological polar surface area (TPSA) is 35.5 Å². The van der Waals surface area contributed by atoms with Crippen LogP contribution in [0.5, 0.6) is 11.5 Å². The lowest BCUT2D eigenvalue weighted by Crippen LogP contribution is -2.13. The summed E-state index contributed by atoms with van der Waals surface area (Å²) in [6.45, 7) is 5.27. The Bertz CT molecular complexity index is 1200. The van der Waals surface area contributed by atoms with Crippen LogP contribution in [0.15, 0.2) is 73.5 Å². The van der Waals surface area contributed by atoms with Gasteiger partial charge in [-0.3, -0.25) is 0 Å². The van der Waals surface area contributed by atoms with Crippen LogP contribution in [0.4, 0.5) is 17.6 Å². The van der Waals surface area contributed by atoms with Crippen LogP contribution in [-0.2, 0) is 6.42 Å². The lowest BCUT2D eigenvalue weighted by Gasteiger charge is -2.11. The number of benzene rings is 3. The maximum atomic E-state index is 14.7. The molecule has 3 rings (SSSR count). The van der Waals surface area contributed by atoms with Gasteiger partial charge in [-0.05, 0) is 49.1 Å². The standard InChI is InChI=1S/C26H20F4O3/c1-3-5-6-16-7-9-17(10-8-16)18-11-12-19(23(28)22(18)27)26(31)33-21-14-13-20(32-15-4-2)24(29)25(21)30/h3-4,7-15H,1,5-6H2,2H3. The van der Waals surface area contributed by atoms with Gasteiger partial charge in [-0.2, -0.15) is 8.78 Å². The molecular weight excluding hydrogens is 436 g/mol. The minimum Gasteiger partial charge on any atom is -0.462 e.